The number of rotatable bonds is 4. The summed E-state index contributed by atoms with van der Waals surface area (Å²) in [5.74, 6) is -0.289. The van der Waals surface area contributed by atoms with Gasteiger partial charge in [0, 0.05) is 21.7 Å². The number of halogens is 3. The number of benzene rings is 2. The quantitative estimate of drug-likeness (QED) is 0.885. The first-order chi connectivity index (χ1) is 9.47. The highest BCUT2D eigenvalue weighted by Crippen LogP contribution is 2.25. The van der Waals surface area contributed by atoms with E-state index in [0.29, 0.717) is 15.6 Å². The maximum Gasteiger partial charge on any atom is 0.165 e. The fourth-order valence-electron chi connectivity index (χ4n) is 1.73. The third kappa shape index (κ3) is 3.63. The van der Waals surface area contributed by atoms with Crippen molar-refractivity contribution in [3.63, 3.8) is 0 Å². The van der Waals surface area contributed by atoms with Crippen LogP contribution in [0.5, 0.6) is 5.75 Å². The third-order valence-corrected chi connectivity index (χ3v) is 3.48. The molecule has 2 N–H and O–H groups in total. The maximum atomic E-state index is 13.9. The Bertz CT molecular complexity index is 617. The zero-order valence-corrected chi connectivity index (χ0v) is 12.4. The summed E-state index contributed by atoms with van der Waals surface area (Å²) in [6.07, 6.45) is 0. The molecule has 0 fully saturated rings. The van der Waals surface area contributed by atoms with Crippen LogP contribution < -0.4 is 10.5 Å². The molecule has 0 aliphatic rings. The lowest BCUT2D eigenvalue weighted by atomic mass is 10.1. The normalized spacial score (nSPS) is 12.2. The Hall–Kier alpha value is -1.29. The molecule has 0 amide bonds. The molecule has 0 aliphatic carbocycles. The van der Waals surface area contributed by atoms with Gasteiger partial charge in [-0.2, -0.15) is 0 Å². The Balaban J connectivity index is 2.13. The smallest absolute Gasteiger partial charge is 0.165 e. The molecule has 5 heteroatoms. The molecule has 0 bridgehead atoms. The molecule has 0 aliphatic heterocycles. The molecule has 0 radical (unpaired) electrons. The lowest BCUT2D eigenvalue weighted by Gasteiger charge is -2.11. The summed E-state index contributed by atoms with van der Waals surface area (Å²) in [5.41, 5.74) is 7.12. The topological polar surface area (TPSA) is 35.2 Å². The van der Waals surface area contributed by atoms with E-state index < -0.39 is 5.82 Å². The predicted molar refractivity (Wildman–Crippen MR) is 79.8 cm³/mol. The van der Waals surface area contributed by atoms with Crippen LogP contribution in [0.25, 0.3) is 0 Å². The van der Waals surface area contributed by atoms with Gasteiger partial charge in [-0.05, 0) is 42.8 Å². The van der Waals surface area contributed by atoms with E-state index >= 15 is 0 Å². The summed E-state index contributed by atoms with van der Waals surface area (Å²) >= 11 is 11.9. The first-order valence-electron chi connectivity index (χ1n) is 6.09. The molecule has 0 spiro atoms. The molecule has 0 saturated carbocycles. The summed E-state index contributed by atoms with van der Waals surface area (Å²) in [4.78, 5) is 0. The summed E-state index contributed by atoms with van der Waals surface area (Å²) in [6, 6.07) is 9.51. The van der Waals surface area contributed by atoms with Crippen LogP contribution in [-0.2, 0) is 6.61 Å². The van der Waals surface area contributed by atoms with Crippen LogP contribution in [0.2, 0.25) is 10.0 Å². The molecule has 2 nitrogen and oxygen atoms in total. The lowest BCUT2D eigenvalue weighted by molar-refractivity contribution is 0.290. The van der Waals surface area contributed by atoms with Crippen molar-refractivity contribution in [1.29, 1.82) is 0 Å². The monoisotopic (exact) mass is 313 g/mol. The van der Waals surface area contributed by atoms with Gasteiger partial charge in [0.1, 0.15) is 6.61 Å². The van der Waals surface area contributed by atoms with Gasteiger partial charge in [0.2, 0.25) is 0 Å². The average molecular weight is 314 g/mol. The van der Waals surface area contributed by atoms with E-state index in [1.54, 1.807) is 37.3 Å². The SMILES string of the molecule is CC(N)c1ccc(OCc2cc(Cl)ccc2Cl)c(F)c1. The minimum atomic E-state index is -0.446. The van der Waals surface area contributed by atoms with Crippen molar-refractivity contribution in [2.24, 2.45) is 5.73 Å². The first-order valence-corrected chi connectivity index (χ1v) is 6.84. The Morgan fingerprint density at radius 2 is 1.95 bits per heavy atom. The van der Waals surface area contributed by atoms with Crippen molar-refractivity contribution >= 4 is 23.2 Å². The average Bonchev–Trinajstić information content (AvgIpc) is 2.40. The summed E-state index contributed by atoms with van der Waals surface area (Å²) < 4.78 is 19.3. The Morgan fingerprint density at radius 1 is 1.20 bits per heavy atom. The molecule has 0 aromatic heterocycles. The molecule has 106 valence electrons. The van der Waals surface area contributed by atoms with Gasteiger partial charge in [-0.1, -0.05) is 29.3 Å². The molecular formula is C15H14Cl2FNO. The van der Waals surface area contributed by atoms with Gasteiger partial charge >= 0.3 is 0 Å². The van der Waals surface area contributed by atoms with Gasteiger partial charge in [-0.3, -0.25) is 0 Å². The van der Waals surface area contributed by atoms with E-state index in [1.807, 2.05) is 0 Å². The van der Waals surface area contributed by atoms with E-state index in [9.17, 15) is 4.39 Å². The van der Waals surface area contributed by atoms with Crippen LogP contribution in [0.15, 0.2) is 36.4 Å². The number of hydrogen-bond donors (Lipinski definition) is 1. The van der Waals surface area contributed by atoms with Gasteiger partial charge < -0.3 is 10.5 Å². The minimum absolute atomic E-state index is 0.147. The zero-order valence-electron chi connectivity index (χ0n) is 10.9. The largest absolute Gasteiger partial charge is 0.486 e. The second kappa shape index (κ2) is 6.44. The number of hydrogen-bond acceptors (Lipinski definition) is 2. The second-order valence-electron chi connectivity index (χ2n) is 4.50. The highest BCUT2D eigenvalue weighted by Gasteiger charge is 2.09. The van der Waals surface area contributed by atoms with Crippen LogP contribution in [0.1, 0.15) is 24.1 Å². The molecule has 2 aromatic rings. The van der Waals surface area contributed by atoms with E-state index in [1.165, 1.54) is 6.07 Å². The van der Waals surface area contributed by atoms with Crippen molar-refractivity contribution in [3.05, 3.63) is 63.4 Å². The predicted octanol–water partition coefficient (Wildman–Crippen LogP) is 4.73. The molecule has 0 saturated heterocycles. The molecule has 1 unspecified atom stereocenters. The molecule has 1 atom stereocenters. The van der Waals surface area contributed by atoms with Gasteiger partial charge in [0.05, 0.1) is 0 Å². The maximum absolute atomic E-state index is 13.9. The van der Waals surface area contributed by atoms with Crippen LogP contribution in [0, 0.1) is 5.82 Å². The van der Waals surface area contributed by atoms with E-state index in [4.69, 9.17) is 33.7 Å². The molecule has 2 aromatic carbocycles. The molecule has 20 heavy (non-hydrogen) atoms. The highest BCUT2D eigenvalue weighted by molar-refractivity contribution is 6.33. The van der Waals surface area contributed by atoms with E-state index in [-0.39, 0.29) is 18.4 Å². The fourth-order valence-corrected chi connectivity index (χ4v) is 2.09. The zero-order chi connectivity index (χ0) is 14.7. The number of ether oxygens (including phenoxy) is 1. The van der Waals surface area contributed by atoms with Crippen LogP contribution in [-0.4, -0.2) is 0 Å². The Labute approximate surface area is 127 Å². The van der Waals surface area contributed by atoms with E-state index in [2.05, 4.69) is 0 Å². The summed E-state index contributed by atoms with van der Waals surface area (Å²) in [7, 11) is 0. The first kappa shape index (κ1) is 15.1. The lowest BCUT2D eigenvalue weighted by Crippen LogP contribution is -2.06. The molecular weight excluding hydrogens is 300 g/mol. The van der Waals surface area contributed by atoms with Gasteiger partial charge in [0.15, 0.2) is 11.6 Å². The third-order valence-electron chi connectivity index (χ3n) is 2.87. The van der Waals surface area contributed by atoms with Crippen LogP contribution in [0.4, 0.5) is 4.39 Å². The Morgan fingerprint density at radius 3 is 2.60 bits per heavy atom. The highest BCUT2D eigenvalue weighted by atomic mass is 35.5. The summed E-state index contributed by atoms with van der Waals surface area (Å²) in [6.45, 7) is 1.94. The number of nitrogens with two attached hydrogens (primary N) is 1. The van der Waals surface area contributed by atoms with Crippen molar-refractivity contribution < 1.29 is 9.13 Å². The van der Waals surface area contributed by atoms with E-state index in [0.717, 1.165) is 5.56 Å². The van der Waals surface area contributed by atoms with Crippen LogP contribution >= 0.6 is 23.2 Å². The minimum Gasteiger partial charge on any atom is -0.486 e. The molecule has 0 heterocycles. The van der Waals surface area contributed by atoms with Crippen molar-refractivity contribution in [2.45, 2.75) is 19.6 Å². The van der Waals surface area contributed by atoms with Crippen LogP contribution in [0.3, 0.4) is 0 Å². The van der Waals surface area contributed by atoms with Gasteiger partial charge in [-0.25, -0.2) is 4.39 Å². The van der Waals surface area contributed by atoms with Gasteiger partial charge in [0.25, 0.3) is 0 Å². The van der Waals surface area contributed by atoms with Gasteiger partial charge in [-0.15, -0.1) is 0 Å². The fraction of sp³-hybridized carbons (Fsp3) is 0.200. The second-order valence-corrected chi connectivity index (χ2v) is 5.35. The summed E-state index contributed by atoms with van der Waals surface area (Å²) in [5, 5.41) is 1.09. The Kier molecular flexibility index (Phi) is 4.86. The standard InChI is InChI=1S/C15H14Cl2FNO/c1-9(19)10-2-5-15(14(18)7-10)20-8-11-6-12(16)3-4-13(11)17/h2-7,9H,8,19H2,1H3. The van der Waals surface area contributed by atoms with Crippen molar-refractivity contribution in [1.82, 2.24) is 0 Å². The van der Waals surface area contributed by atoms with Crippen molar-refractivity contribution in [3.8, 4) is 5.75 Å². The van der Waals surface area contributed by atoms with Crippen molar-refractivity contribution in [2.75, 3.05) is 0 Å². The molecule has 2 rings (SSSR count).